The van der Waals surface area contributed by atoms with Gasteiger partial charge in [-0.05, 0) is 30.7 Å². The van der Waals surface area contributed by atoms with Crippen LogP contribution >= 0.6 is 0 Å². The summed E-state index contributed by atoms with van der Waals surface area (Å²) in [6, 6.07) is 7.80. The van der Waals surface area contributed by atoms with E-state index >= 15 is 0 Å². The fraction of sp³-hybridized carbons (Fsp3) is 0.471. The number of benzene rings is 1. The lowest BCUT2D eigenvalue weighted by Crippen LogP contribution is -2.33. The van der Waals surface area contributed by atoms with Crippen LogP contribution in [0.15, 0.2) is 30.5 Å². The van der Waals surface area contributed by atoms with Crippen LogP contribution in [0.4, 0.5) is 10.5 Å². The van der Waals surface area contributed by atoms with Gasteiger partial charge in [0.25, 0.3) is 0 Å². The number of ether oxygens (including phenoxy) is 2. The summed E-state index contributed by atoms with van der Waals surface area (Å²) in [7, 11) is 1.70. The third-order valence-corrected chi connectivity index (χ3v) is 4.14. The molecule has 0 bridgehead atoms. The zero-order chi connectivity index (χ0) is 16.1. The van der Waals surface area contributed by atoms with Crippen molar-refractivity contribution in [2.75, 3.05) is 38.8 Å². The van der Waals surface area contributed by atoms with Crippen LogP contribution in [0.25, 0.3) is 10.9 Å². The van der Waals surface area contributed by atoms with Crippen molar-refractivity contribution in [2.45, 2.75) is 13.0 Å². The highest BCUT2D eigenvalue weighted by Gasteiger charge is 2.16. The van der Waals surface area contributed by atoms with Crippen molar-refractivity contribution in [3.63, 3.8) is 0 Å². The lowest BCUT2D eigenvalue weighted by Gasteiger charge is -2.11. The van der Waals surface area contributed by atoms with Gasteiger partial charge in [-0.15, -0.1) is 0 Å². The van der Waals surface area contributed by atoms with Gasteiger partial charge in [-0.3, -0.25) is 0 Å². The molecule has 0 radical (unpaired) electrons. The average Bonchev–Trinajstić information content (AvgIpc) is 3.20. The first-order valence-electron chi connectivity index (χ1n) is 7.96. The Labute approximate surface area is 135 Å². The second kappa shape index (κ2) is 7.48. The van der Waals surface area contributed by atoms with Gasteiger partial charge in [0, 0.05) is 55.5 Å². The summed E-state index contributed by atoms with van der Waals surface area (Å²) in [5.74, 6) is 0.429. The van der Waals surface area contributed by atoms with Crippen LogP contribution in [0.3, 0.4) is 0 Å². The van der Waals surface area contributed by atoms with Crippen molar-refractivity contribution in [1.29, 1.82) is 0 Å². The number of fused-ring (bicyclic) bond motifs is 1. The first-order chi connectivity index (χ1) is 11.3. The van der Waals surface area contributed by atoms with E-state index in [1.54, 1.807) is 7.11 Å². The van der Waals surface area contributed by atoms with Crippen molar-refractivity contribution in [1.82, 2.24) is 9.88 Å². The number of amides is 2. The molecular formula is C17H23N3O3. The molecule has 1 saturated heterocycles. The molecule has 0 aliphatic carbocycles. The second-order valence-corrected chi connectivity index (χ2v) is 5.84. The van der Waals surface area contributed by atoms with E-state index in [1.807, 2.05) is 30.5 Å². The molecule has 1 unspecified atom stereocenters. The maximum atomic E-state index is 12.0. The number of carbonyl (C=O) groups excluding carboxylic acids is 1. The Morgan fingerprint density at radius 3 is 3.13 bits per heavy atom. The Morgan fingerprint density at radius 2 is 2.35 bits per heavy atom. The van der Waals surface area contributed by atoms with E-state index in [2.05, 4.69) is 15.2 Å². The van der Waals surface area contributed by atoms with E-state index in [1.165, 1.54) is 0 Å². The molecular weight excluding hydrogens is 294 g/mol. The van der Waals surface area contributed by atoms with Gasteiger partial charge in [0.05, 0.1) is 13.2 Å². The van der Waals surface area contributed by atoms with Gasteiger partial charge < -0.3 is 24.7 Å². The predicted octanol–water partition coefficient (Wildman–Crippen LogP) is 2.45. The standard InChI is InChI=1S/C17H23N3O3/c1-22-9-7-20-6-4-14-10-15(2-3-16(14)20)19-17(21)18-11-13-5-8-23-12-13/h2-4,6,10,13H,5,7-9,11-12H2,1H3,(H2,18,19,21). The normalized spacial score (nSPS) is 17.5. The smallest absolute Gasteiger partial charge is 0.319 e. The number of nitrogens with zero attached hydrogens (tertiary/aromatic N) is 1. The van der Waals surface area contributed by atoms with Crippen LogP contribution in [0.1, 0.15) is 6.42 Å². The number of rotatable bonds is 6. The molecule has 1 aliphatic rings. The van der Waals surface area contributed by atoms with Crippen LogP contribution in [-0.2, 0) is 16.0 Å². The van der Waals surface area contributed by atoms with Gasteiger partial charge in [0.1, 0.15) is 0 Å². The molecule has 0 saturated carbocycles. The lowest BCUT2D eigenvalue weighted by atomic mass is 10.1. The molecule has 6 heteroatoms. The number of nitrogens with one attached hydrogen (secondary N) is 2. The molecule has 1 aromatic carbocycles. The first-order valence-corrected chi connectivity index (χ1v) is 7.96. The maximum absolute atomic E-state index is 12.0. The first kappa shape index (κ1) is 15.8. The molecule has 1 atom stereocenters. The monoisotopic (exact) mass is 317 g/mol. The lowest BCUT2D eigenvalue weighted by molar-refractivity contribution is 0.185. The molecule has 3 rings (SSSR count). The third-order valence-electron chi connectivity index (χ3n) is 4.14. The average molecular weight is 317 g/mol. The molecule has 2 heterocycles. The zero-order valence-corrected chi connectivity index (χ0v) is 13.4. The van der Waals surface area contributed by atoms with E-state index < -0.39 is 0 Å². The van der Waals surface area contributed by atoms with E-state index in [0.29, 0.717) is 19.1 Å². The molecule has 1 aliphatic heterocycles. The van der Waals surface area contributed by atoms with E-state index in [4.69, 9.17) is 9.47 Å². The van der Waals surface area contributed by atoms with Gasteiger partial charge in [-0.1, -0.05) is 0 Å². The van der Waals surface area contributed by atoms with Gasteiger partial charge in [-0.2, -0.15) is 0 Å². The quantitative estimate of drug-likeness (QED) is 0.860. The molecule has 124 valence electrons. The maximum Gasteiger partial charge on any atom is 0.319 e. The number of urea groups is 1. The van der Waals surface area contributed by atoms with Crippen LogP contribution in [-0.4, -0.2) is 44.1 Å². The van der Waals surface area contributed by atoms with Crippen molar-refractivity contribution < 1.29 is 14.3 Å². The highest BCUT2D eigenvalue weighted by molar-refractivity contribution is 5.92. The van der Waals surface area contributed by atoms with Crippen LogP contribution in [0.5, 0.6) is 0 Å². The summed E-state index contributed by atoms with van der Waals surface area (Å²) in [5.41, 5.74) is 1.93. The molecule has 1 fully saturated rings. The fourth-order valence-corrected chi connectivity index (χ4v) is 2.82. The Morgan fingerprint density at radius 1 is 1.43 bits per heavy atom. The SMILES string of the molecule is COCCn1ccc2cc(NC(=O)NCC3CCOC3)ccc21. The van der Waals surface area contributed by atoms with Crippen LogP contribution < -0.4 is 10.6 Å². The topological polar surface area (TPSA) is 64.5 Å². The zero-order valence-electron chi connectivity index (χ0n) is 13.4. The molecule has 2 aromatic rings. The van der Waals surface area contributed by atoms with Crippen LogP contribution in [0, 0.1) is 5.92 Å². The molecule has 0 spiro atoms. The van der Waals surface area contributed by atoms with Gasteiger partial charge in [-0.25, -0.2) is 4.79 Å². The number of carbonyl (C=O) groups is 1. The molecule has 23 heavy (non-hydrogen) atoms. The molecule has 1 aromatic heterocycles. The summed E-state index contributed by atoms with van der Waals surface area (Å²) in [4.78, 5) is 12.0. The minimum atomic E-state index is -0.171. The number of anilines is 1. The summed E-state index contributed by atoms with van der Waals surface area (Å²) >= 11 is 0. The minimum absolute atomic E-state index is 0.171. The fourth-order valence-electron chi connectivity index (χ4n) is 2.82. The van der Waals surface area contributed by atoms with Gasteiger partial charge in [0.2, 0.25) is 0 Å². The van der Waals surface area contributed by atoms with Crippen molar-refractivity contribution in [2.24, 2.45) is 5.92 Å². The highest BCUT2D eigenvalue weighted by Crippen LogP contribution is 2.20. The largest absolute Gasteiger partial charge is 0.383 e. The van der Waals surface area contributed by atoms with Crippen molar-refractivity contribution in [3.8, 4) is 0 Å². The third kappa shape index (κ3) is 4.03. The number of hydrogen-bond acceptors (Lipinski definition) is 3. The summed E-state index contributed by atoms with van der Waals surface area (Å²) in [6.45, 7) is 3.68. The predicted molar refractivity (Wildman–Crippen MR) is 89.8 cm³/mol. The summed E-state index contributed by atoms with van der Waals surface area (Å²) in [6.07, 6.45) is 3.05. The van der Waals surface area contributed by atoms with Gasteiger partial charge >= 0.3 is 6.03 Å². The Kier molecular flexibility index (Phi) is 5.15. The molecule has 2 amide bonds. The number of methoxy groups -OCH3 is 1. The summed E-state index contributed by atoms with van der Waals surface area (Å²) < 4.78 is 12.6. The Balaban J connectivity index is 1.58. The molecule has 6 nitrogen and oxygen atoms in total. The van der Waals surface area contributed by atoms with Gasteiger partial charge in [0.15, 0.2) is 0 Å². The van der Waals surface area contributed by atoms with Crippen molar-refractivity contribution in [3.05, 3.63) is 30.5 Å². The van der Waals surface area contributed by atoms with E-state index in [9.17, 15) is 4.79 Å². The van der Waals surface area contributed by atoms with Crippen LogP contribution in [0.2, 0.25) is 0 Å². The van der Waals surface area contributed by atoms with E-state index in [0.717, 1.165) is 42.8 Å². The van der Waals surface area contributed by atoms with E-state index in [-0.39, 0.29) is 6.03 Å². The summed E-state index contributed by atoms with van der Waals surface area (Å²) in [5, 5.41) is 6.89. The number of hydrogen-bond donors (Lipinski definition) is 2. The minimum Gasteiger partial charge on any atom is -0.383 e. The molecule has 2 N–H and O–H groups in total. The second-order valence-electron chi connectivity index (χ2n) is 5.84. The Hall–Kier alpha value is -2.05. The highest BCUT2D eigenvalue weighted by atomic mass is 16.5. The number of aromatic nitrogens is 1. The van der Waals surface area contributed by atoms with Crippen molar-refractivity contribution >= 4 is 22.6 Å². The Bertz CT molecular complexity index is 662.